The maximum Gasteiger partial charge on any atom is 0.335 e. The average molecular weight is 518 g/mol. The van der Waals surface area contributed by atoms with Gasteiger partial charge in [0.1, 0.15) is 5.75 Å². The highest BCUT2D eigenvalue weighted by Gasteiger charge is 2.18. The molecule has 0 saturated heterocycles. The minimum atomic E-state index is -1.25. The number of alkyl halides is 1. The standard InChI is InChI=1S/C22H32BrNO6S/c1-5-31(27)16-21(25)24(15-18(22(26)30-4)8-6-7-12-23)13-11-17-9-10-19(28-2)20(14-17)29-3/h9-10,14-15H,5-8,11-13,16H2,1-4H3/b18-15+. The summed E-state index contributed by atoms with van der Waals surface area (Å²) in [6.07, 6.45) is 4.25. The van der Waals surface area contributed by atoms with Gasteiger partial charge < -0.3 is 19.1 Å². The molecule has 0 aliphatic carbocycles. The third kappa shape index (κ3) is 9.43. The fraction of sp³-hybridized carbons (Fsp3) is 0.545. The molecule has 9 heteroatoms. The zero-order valence-electron chi connectivity index (χ0n) is 18.6. The van der Waals surface area contributed by atoms with Crippen molar-refractivity contribution in [1.29, 1.82) is 0 Å². The van der Waals surface area contributed by atoms with Gasteiger partial charge in [0, 0.05) is 34.6 Å². The number of nitrogens with zero attached hydrogens (tertiary/aromatic N) is 1. The van der Waals surface area contributed by atoms with Crippen LogP contribution in [0.2, 0.25) is 0 Å². The SMILES string of the molecule is CCS(=O)CC(=O)N(/C=C(\CCCCBr)C(=O)OC)CCc1ccc(OC)c(OC)c1. The fourth-order valence-corrected chi connectivity index (χ4v) is 3.86. The molecule has 0 aliphatic heterocycles. The Bertz CT molecular complexity index is 783. The molecule has 0 bridgehead atoms. The number of carbonyl (C=O) groups excluding carboxylic acids is 2. The molecular weight excluding hydrogens is 486 g/mol. The lowest BCUT2D eigenvalue weighted by atomic mass is 10.1. The summed E-state index contributed by atoms with van der Waals surface area (Å²) in [7, 11) is 3.21. The van der Waals surface area contributed by atoms with Crippen LogP contribution in [0.15, 0.2) is 30.0 Å². The van der Waals surface area contributed by atoms with Crippen molar-refractivity contribution in [1.82, 2.24) is 4.90 Å². The molecule has 1 unspecified atom stereocenters. The first kappa shape index (κ1) is 27.2. The molecule has 1 rings (SSSR count). The molecule has 7 nitrogen and oxygen atoms in total. The number of amides is 1. The van der Waals surface area contributed by atoms with Gasteiger partial charge in [0.05, 0.1) is 26.9 Å². The van der Waals surface area contributed by atoms with E-state index in [2.05, 4.69) is 15.9 Å². The van der Waals surface area contributed by atoms with Crippen molar-refractivity contribution in [2.75, 3.05) is 44.7 Å². The van der Waals surface area contributed by atoms with Gasteiger partial charge in [-0.1, -0.05) is 28.9 Å². The van der Waals surface area contributed by atoms with Crippen molar-refractivity contribution < 1.29 is 28.0 Å². The van der Waals surface area contributed by atoms with Crippen molar-refractivity contribution in [2.45, 2.75) is 32.6 Å². The van der Waals surface area contributed by atoms with E-state index in [9.17, 15) is 13.8 Å². The number of halogens is 1. The summed E-state index contributed by atoms with van der Waals surface area (Å²) in [4.78, 5) is 26.5. The molecule has 0 heterocycles. The van der Waals surface area contributed by atoms with E-state index in [-0.39, 0.29) is 11.7 Å². The lowest BCUT2D eigenvalue weighted by Gasteiger charge is -2.20. The van der Waals surface area contributed by atoms with Crippen LogP contribution in [-0.4, -0.2) is 65.7 Å². The number of esters is 1. The number of hydrogen-bond donors (Lipinski definition) is 0. The molecule has 0 spiro atoms. The predicted molar refractivity (Wildman–Crippen MR) is 126 cm³/mol. The van der Waals surface area contributed by atoms with Crippen LogP contribution < -0.4 is 9.47 Å². The molecular formula is C22H32BrNO6S. The Balaban J connectivity index is 3.10. The fourth-order valence-electron chi connectivity index (χ4n) is 2.82. The normalized spacial score (nSPS) is 12.2. The van der Waals surface area contributed by atoms with Gasteiger partial charge in [-0.25, -0.2) is 4.79 Å². The Morgan fingerprint density at radius 2 is 1.84 bits per heavy atom. The summed E-state index contributed by atoms with van der Waals surface area (Å²) < 4.78 is 27.5. The molecule has 1 atom stereocenters. The number of unbranched alkanes of at least 4 members (excludes halogenated alkanes) is 1. The second-order valence-electron chi connectivity index (χ2n) is 6.69. The van der Waals surface area contributed by atoms with E-state index >= 15 is 0 Å². The lowest BCUT2D eigenvalue weighted by molar-refractivity contribution is -0.136. The zero-order valence-corrected chi connectivity index (χ0v) is 21.1. The molecule has 1 aromatic carbocycles. The molecule has 1 aromatic rings. The molecule has 0 N–H and O–H groups in total. The monoisotopic (exact) mass is 517 g/mol. The third-order valence-corrected chi connectivity index (χ3v) is 6.38. The summed E-state index contributed by atoms with van der Waals surface area (Å²) in [5, 5.41) is 0.832. The maximum atomic E-state index is 12.8. The van der Waals surface area contributed by atoms with Crippen LogP contribution in [0.4, 0.5) is 0 Å². The summed E-state index contributed by atoms with van der Waals surface area (Å²) >= 11 is 3.38. The van der Waals surface area contributed by atoms with E-state index in [1.54, 1.807) is 27.3 Å². The van der Waals surface area contributed by atoms with E-state index in [1.165, 1.54) is 12.0 Å². The predicted octanol–water partition coefficient (Wildman–Crippen LogP) is 3.47. The van der Waals surface area contributed by atoms with Gasteiger partial charge in [-0.2, -0.15) is 0 Å². The molecule has 0 aliphatic rings. The third-order valence-electron chi connectivity index (χ3n) is 4.61. The van der Waals surface area contributed by atoms with Gasteiger partial charge in [-0.15, -0.1) is 0 Å². The van der Waals surface area contributed by atoms with Crippen molar-refractivity contribution in [3.05, 3.63) is 35.5 Å². The summed E-state index contributed by atoms with van der Waals surface area (Å²) in [6, 6.07) is 5.56. The quantitative estimate of drug-likeness (QED) is 0.162. The minimum absolute atomic E-state index is 0.0885. The first-order chi connectivity index (χ1) is 14.9. The highest BCUT2D eigenvalue weighted by molar-refractivity contribution is 9.09. The molecule has 0 saturated carbocycles. The van der Waals surface area contributed by atoms with Gasteiger partial charge in [0.2, 0.25) is 5.91 Å². The van der Waals surface area contributed by atoms with E-state index in [4.69, 9.17) is 14.2 Å². The molecule has 174 valence electrons. The largest absolute Gasteiger partial charge is 0.493 e. The van der Waals surface area contributed by atoms with Crippen molar-refractivity contribution >= 4 is 38.6 Å². The van der Waals surface area contributed by atoms with E-state index in [0.29, 0.717) is 42.2 Å². The molecule has 1 amide bonds. The summed E-state index contributed by atoms with van der Waals surface area (Å²) in [5.41, 5.74) is 1.37. The van der Waals surface area contributed by atoms with Crippen LogP contribution in [0.25, 0.3) is 0 Å². The lowest BCUT2D eigenvalue weighted by Crippen LogP contribution is -2.33. The Morgan fingerprint density at radius 3 is 2.42 bits per heavy atom. The number of carbonyl (C=O) groups is 2. The van der Waals surface area contributed by atoms with E-state index in [0.717, 1.165) is 23.7 Å². The average Bonchev–Trinajstić information content (AvgIpc) is 2.79. The highest BCUT2D eigenvalue weighted by Crippen LogP contribution is 2.27. The minimum Gasteiger partial charge on any atom is -0.493 e. The number of rotatable bonds is 14. The Kier molecular flexibility index (Phi) is 13.2. The molecule has 0 radical (unpaired) electrons. The first-order valence-electron chi connectivity index (χ1n) is 10.1. The number of methoxy groups -OCH3 is 3. The zero-order chi connectivity index (χ0) is 23.2. The molecule has 31 heavy (non-hydrogen) atoms. The van der Waals surface area contributed by atoms with Crippen LogP contribution in [-0.2, 0) is 31.5 Å². The smallest absolute Gasteiger partial charge is 0.335 e. The van der Waals surface area contributed by atoms with Crippen LogP contribution in [0.3, 0.4) is 0 Å². The van der Waals surface area contributed by atoms with Gasteiger partial charge in [-0.05, 0) is 43.4 Å². The van der Waals surface area contributed by atoms with Crippen LogP contribution >= 0.6 is 15.9 Å². The molecule has 0 fully saturated rings. The number of hydrogen-bond acceptors (Lipinski definition) is 6. The van der Waals surface area contributed by atoms with Gasteiger partial charge in [-0.3, -0.25) is 9.00 Å². The Morgan fingerprint density at radius 1 is 1.13 bits per heavy atom. The second kappa shape index (κ2) is 15.0. The van der Waals surface area contributed by atoms with E-state index in [1.807, 2.05) is 18.2 Å². The van der Waals surface area contributed by atoms with E-state index < -0.39 is 16.8 Å². The number of benzene rings is 1. The topological polar surface area (TPSA) is 82.1 Å². The van der Waals surface area contributed by atoms with Crippen LogP contribution in [0.1, 0.15) is 31.7 Å². The van der Waals surface area contributed by atoms with Crippen LogP contribution in [0, 0.1) is 0 Å². The van der Waals surface area contributed by atoms with Gasteiger partial charge in [0.25, 0.3) is 0 Å². The summed E-state index contributed by atoms with van der Waals surface area (Å²) in [6.45, 7) is 2.10. The van der Waals surface area contributed by atoms with Crippen molar-refractivity contribution in [3.8, 4) is 11.5 Å². The van der Waals surface area contributed by atoms with Gasteiger partial charge >= 0.3 is 5.97 Å². The second-order valence-corrected chi connectivity index (χ2v) is 9.23. The summed E-state index contributed by atoms with van der Waals surface area (Å²) in [5.74, 6) is 0.781. The first-order valence-corrected chi connectivity index (χ1v) is 12.7. The maximum absolute atomic E-state index is 12.8. The Hall–Kier alpha value is -1.87. The Labute approximate surface area is 195 Å². The number of ether oxygens (including phenoxy) is 3. The van der Waals surface area contributed by atoms with Crippen molar-refractivity contribution in [3.63, 3.8) is 0 Å². The van der Waals surface area contributed by atoms with Gasteiger partial charge in [0.15, 0.2) is 11.5 Å². The highest BCUT2D eigenvalue weighted by atomic mass is 79.9. The van der Waals surface area contributed by atoms with Crippen LogP contribution in [0.5, 0.6) is 11.5 Å². The molecule has 0 aromatic heterocycles. The van der Waals surface area contributed by atoms with Crippen molar-refractivity contribution in [2.24, 2.45) is 0 Å².